The largest absolute Gasteiger partial charge is 0.361 e. The summed E-state index contributed by atoms with van der Waals surface area (Å²) < 4.78 is 0. The molecule has 2 aliphatic heterocycles. The van der Waals surface area contributed by atoms with Crippen molar-refractivity contribution in [2.75, 3.05) is 6.54 Å². The number of aliphatic hydroxyl groups is 1. The van der Waals surface area contributed by atoms with Gasteiger partial charge in [-0.1, -0.05) is 90.0 Å². The number of aryl methyl sites for hydroxylation is 2. The predicted molar refractivity (Wildman–Crippen MR) is 120 cm³/mol. The highest BCUT2D eigenvalue weighted by Gasteiger charge is 2.61. The van der Waals surface area contributed by atoms with Gasteiger partial charge in [-0.3, -0.25) is 4.79 Å². The van der Waals surface area contributed by atoms with Gasteiger partial charge in [0.15, 0.2) is 5.60 Å². The van der Waals surface area contributed by atoms with Gasteiger partial charge in [0.05, 0.1) is 6.54 Å². The number of β-amino-alcohol motifs (C(OH)–C–C–N with tert-alkyl or cyclic N) is 1. The van der Waals surface area contributed by atoms with Crippen LogP contribution >= 0.6 is 0 Å². The van der Waals surface area contributed by atoms with Crippen LogP contribution in [0.2, 0.25) is 0 Å². The minimum absolute atomic E-state index is 0.0727. The molecular formula is C27H27NO4. The first-order valence-corrected chi connectivity index (χ1v) is 11.0. The van der Waals surface area contributed by atoms with Crippen molar-refractivity contribution in [1.82, 2.24) is 4.90 Å². The first-order chi connectivity index (χ1) is 15.4. The Morgan fingerprint density at radius 2 is 1.44 bits per heavy atom. The Kier molecular flexibility index (Phi) is 5.13. The molecule has 3 aromatic carbocycles. The first kappa shape index (κ1) is 20.9. The number of fused-ring (bicyclic) bond motifs is 1. The molecule has 2 heterocycles. The zero-order chi connectivity index (χ0) is 22.3. The maximum absolute atomic E-state index is 13.4. The molecule has 2 fully saturated rings. The third-order valence-corrected chi connectivity index (χ3v) is 6.64. The molecule has 0 unspecified atom stereocenters. The Balaban J connectivity index is 1.52. The normalized spacial score (nSPS) is 24.4. The number of hydrogen-bond acceptors (Lipinski definition) is 4. The van der Waals surface area contributed by atoms with Gasteiger partial charge in [0.1, 0.15) is 5.92 Å². The molecule has 2 aliphatic rings. The number of likely N-dealkylation sites (tertiary alicyclic amines) is 1. The van der Waals surface area contributed by atoms with Gasteiger partial charge in [0, 0.05) is 13.0 Å². The fourth-order valence-corrected chi connectivity index (χ4v) is 4.75. The summed E-state index contributed by atoms with van der Waals surface area (Å²) in [5.41, 5.74) is 4.06. The number of nitrogens with zero attached hydrogens (tertiary/aromatic N) is 1. The van der Waals surface area contributed by atoms with Crippen molar-refractivity contribution < 1.29 is 19.7 Å². The molecule has 5 rings (SSSR count). The van der Waals surface area contributed by atoms with Gasteiger partial charge in [-0.15, -0.1) is 0 Å². The van der Waals surface area contributed by atoms with E-state index in [-0.39, 0.29) is 12.5 Å². The second kappa shape index (κ2) is 7.85. The van der Waals surface area contributed by atoms with E-state index in [1.165, 1.54) is 0 Å². The maximum atomic E-state index is 13.4. The highest BCUT2D eigenvalue weighted by Crippen LogP contribution is 2.50. The minimum atomic E-state index is -1.68. The highest BCUT2D eigenvalue weighted by atomic mass is 17.2. The van der Waals surface area contributed by atoms with Gasteiger partial charge in [-0.2, -0.15) is 4.89 Å². The Morgan fingerprint density at radius 3 is 2.00 bits per heavy atom. The standard InChI is InChI=1S/C27H27NO4/c1-19-8-12-22(13-9-19)26(23-14-10-20(2)11-15-23)16-24-25(29)28(18-27(24,30)32-31-26)17-21-6-4-3-5-7-21/h3-15,24,30H,16-18H2,1-2H3/t24-,27+/m1/s1. The molecule has 0 aromatic heterocycles. The fourth-order valence-electron chi connectivity index (χ4n) is 4.75. The topological polar surface area (TPSA) is 59.0 Å². The molecule has 5 heteroatoms. The summed E-state index contributed by atoms with van der Waals surface area (Å²) in [4.78, 5) is 26.9. The Bertz CT molecular complexity index is 1070. The average Bonchev–Trinajstić information content (AvgIpc) is 3.04. The summed E-state index contributed by atoms with van der Waals surface area (Å²) in [5.74, 6) is -2.53. The number of benzene rings is 3. The van der Waals surface area contributed by atoms with Crippen LogP contribution in [-0.4, -0.2) is 28.2 Å². The molecule has 32 heavy (non-hydrogen) atoms. The molecule has 0 bridgehead atoms. The predicted octanol–water partition coefficient (Wildman–Crippen LogP) is 4.25. The Morgan fingerprint density at radius 1 is 0.875 bits per heavy atom. The lowest BCUT2D eigenvalue weighted by Gasteiger charge is -2.43. The van der Waals surface area contributed by atoms with Crippen LogP contribution < -0.4 is 0 Å². The summed E-state index contributed by atoms with van der Waals surface area (Å²) in [6.45, 7) is 4.55. The lowest BCUT2D eigenvalue weighted by molar-refractivity contribution is -0.487. The van der Waals surface area contributed by atoms with E-state index in [9.17, 15) is 9.90 Å². The van der Waals surface area contributed by atoms with Gasteiger partial charge in [0.2, 0.25) is 11.7 Å². The zero-order valence-corrected chi connectivity index (χ0v) is 18.3. The van der Waals surface area contributed by atoms with Crippen molar-refractivity contribution in [2.24, 2.45) is 5.92 Å². The van der Waals surface area contributed by atoms with Crippen LogP contribution in [0.4, 0.5) is 0 Å². The summed E-state index contributed by atoms with van der Waals surface area (Å²) >= 11 is 0. The molecule has 0 spiro atoms. The van der Waals surface area contributed by atoms with E-state index in [1.54, 1.807) is 4.90 Å². The third-order valence-electron chi connectivity index (χ3n) is 6.64. The van der Waals surface area contributed by atoms with Crippen LogP contribution in [0.1, 0.15) is 34.2 Å². The lowest BCUT2D eigenvalue weighted by atomic mass is 9.76. The van der Waals surface area contributed by atoms with Gasteiger partial charge < -0.3 is 10.0 Å². The molecule has 3 aromatic rings. The summed E-state index contributed by atoms with van der Waals surface area (Å²) in [5, 5.41) is 11.2. The van der Waals surface area contributed by atoms with Gasteiger partial charge in [-0.05, 0) is 30.5 Å². The molecule has 5 nitrogen and oxygen atoms in total. The first-order valence-electron chi connectivity index (χ1n) is 11.0. The minimum Gasteiger partial charge on any atom is -0.361 e. The maximum Gasteiger partial charge on any atom is 0.231 e. The quantitative estimate of drug-likeness (QED) is 0.630. The van der Waals surface area contributed by atoms with Gasteiger partial charge in [-0.25, -0.2) is 4.89 Å². The second-order valence-corrected chi connectivity index (χ2v) is 9.01. The molecule has 2 saturated heterocycles. The van der Waals surface area contributed by atoms with E-state index in [0.717, 1.165) is 27.8 Å². The van der Waals surface area contributed by atoms with Crippen LogP contribution in [-0.2, 0) is 26.7 Å². The Labute approximate surface area is 188 Å². The van der Waals surface area contributed by atoms with Crippen molar-refractivity contribution >= 4 is 5.91 Å². The van der Waals surface area contributed by atoms with Gasteiger partial charge >= 0.3 is 0 Å². The molecule has 1 amide bonds. The van der Waals surface area contributed by atoms with E-state index in [1.807, 2.05) is 92.7 Å². The van der Waals surface area contributed by atoms with Crippen molar-refractivity contribution in [2.45, 2.75) is 38.2 Å². The number of rotatable bonds is 4. The smallest absolute Gasteiger partial charge is 0.231 e. The van der Waals surface area contributed by atoms with E-state index >= 15 is 0 Å². The summed E-state index contributed by atoms with van der Waals surface area (Å²) in [6, 6.07) is 25.9. The van der Waals surface area contributed by atoms with Crippen molar-refractivity contribution in [1.29, 1.82) is 0 Å². The number of carbonyl (C=O) groups excluding carboxylic acids is 1. The second-order valence-electron chi connectivity index (χ2n) is 9.01. The van der Waals surface area contributed by atoms with Crippen LogP contribution in [0.3, 0.4) is 0 Å². The van der Waals surface area contributed by atoms with E-state index in [2.05, 4.69) is 0 Å². The Hall–Kier alpha value is -2.99. The molecule has 2 atom stereocenters. The number of amides is 1. The lowest BCUT2D eigenvalue weighted by Crippen LogP contribution is -2.52. The van der Waals surface area contributed by atoms with Crippen molar-refractivity contribution in [3.63, 3.8) is 0 Å². The monoisotopic (exact) mass is 429 g/mol. The van der Waals surface area contributed by atoms with Gasteiger partial charge in [0.25, 0.3) is 0 Å². The molecule has 0 radical (unpaired) electrons. The third kappa shape index (κ3) is 3.52. The SMILES string of the molecule is Cc1ccc(C2(c3ccc(C)cc3)C[C@@H]3C(=O)N(Cc4ccccc4)C[C@]3(O)OO2)cc1. The van der Waals surface area contributed by atoms with Crippen molar-refractivity contribution in [3.05, 3.63) is 107 Å². The fraction of sp³-hybridized carbons (Fsp3) is 0.296. The molecular weight excluding hydrogens is 402 g/mol. The highest BCUT2D eigenvalue weighted by molar-refractivity contribution is 5.83. The molecule has 0 aliphatic carbocycles. The molecule has 1 N–H and O–H groups in total. The van der Waals surface area contributed by atoms with Crippen LogP contribution in [0.15, 0.2) is 78.9 Å². The number of hydrogen-bond donors (Lipinski definition) is 1. The van der Waals surface area contributed by atoms with Crippen LogP contribution in [0.5, 0.6) is 0 Å². The molecule has 0 saturated carbocycles. The van der Waals surface area contributed by atoms with Crippen LogP contribution in [0.25, 0.3) is 0 Å². The zero-order valence-electron chi connectivity index (χ0n) is 18.3. The number of carbonyl (C=O) groups is 1. The summed E-state index contributed by atoms with van der Waals surface area (Å²) in [6.07, 6.45) is 0.291. The summed E-state index contributed by atoms with van der Waals surface area (Å²) in [7, 11) is 0. The van der Waals surface area contributed by atoms with Crippen LogP contribution in [0, 0.1) is 19.8 Å². The molecule has 164 valence electrons. The van der Waals surface area contributed by atoms with Crippen molar-refractivity contribution in [3.8, 4) is 0 Å². The average molecular weight is 430 g/mol. The van der Waals surface area contributed by atoms with E-state index < -0.39 is 17.3 Å². The van der Waals surface area contributed by atoms with E-state index in [0.29, 0.717) is 13.0 Å². The van der Waals surface area contributed by atoms with E-state index in [4.69, 9.17) is 9.78 Å².